The molecular weight excluding hydrogens is 351 g/mol. The molecule has 0 rings (SSSR count). The van der Waals surface area contributed by atoms with Crippen molar-refractivity contribution in [3.8, 4) is 0 Å². The molecule has 0 aromatic heterocycles. The van der Waals surface area contributed by atoms with Crippen LogP contribution in [0, 0.1) is 0 Å². The van der Waals surface area contributed by atoms with E-state index < -0.39 is 6.72 Å². The molecule has 0 fully saturated rings. The maximum Gasteiger partial charge on any atom is 0.321 e. The molecule has 0 aliphatic rings. The third-order valence-electron chi connectivity index (χ3n) is 2.76. The van der Waals surface area contributed by atoms with Gasteiger partial charge in [-0.2, -0.15) is 0 Å². The minimum atomic E-state index is -3.41. The fourth-order valence-corrected chi connectivity index (χ4v) is 2.36. The van der Waals surface area contributed by atoms with Crippen LogP contribution in [0.15, 0.2) is 0 Å². The Hall–Kier alpha value is 1.22. The van der Waals surface area contributed by atoms with E-state index in [1.807, 2.05) is 0 Å². The first kappa shape index (κ1) is 21.5. The topological polar surface area (TPSA) is 49.7 Å². The van der Waals surface area contributed by atoms with Crippen molar-refractivity contribution >= 4 is 18.5 Å². The van der Waals surface area contributed by atoms with Gasteiger partial charge in [0.05, 0.1) is 6.61 Å². The summed E-state index contributed by atoms with van der Waals surface area (Å²) in [5, 5.41) is 0. The van der Waals surface area contributed by atoms with Crippen LogP contribution in [-0.4, -0.2) is 16.4 Å². The molecule has 0 saturated carbocycles. The third-order valence-corrected chi connectivity index (χ3v) is 3.59. The van der Waals surface area contributed by atoms with E-state index in [1.165, 1.54) is 51.4 Å². The van der Waals surface area contributed by atoms with Crippen LogP contribution in [0.4, 0.5) is 0 Å². The van der Waals surface area contributed by atoms with E-state index in [1.54, 1.807) is 0 Å². The molecule has 2 N–H and O–H groups in total. The summed E-state index contributed by atoms with van der Waals surface area (Å²) < 4.78 is 4.74. The van der Waals surface area contributed by atoms with Crippen LogP contribution >= 0.6 is 6.72 Å². The van der Waals surface area contributed by atoms with Crippen LogP contribution < -0.4 is 0 Å². The van der Waals surface area contributed by atoms with Crippen molar-refractivity contribution in [2.75, 3.05) is 6.61 Å². The molecule has 18 heavy (non-hydrogen) atoms. The molecule has 0 bridgehead atoms. The van der Waals surface area contributed by atoms with Crippen LogP contribution in [0.5, 0.6) is 0 Å². The summed E-state index contributed by atoms with van der Waals surface area (Å²) in [7, 11) is 0. The van der Waals surface area contributed by atoms with Crippen molar-refractivity contribution in [2.24, 2.45) is 0 Å². The summed E-state index contributed by atoms with van der Waals surface area (Å²) in [6, 6.07) is 0. The van der Waals surface area contributed by atoms with Crippen LogP contribution in [-0.2, 0) is 37.4 Å². The molecule has 0 unspecified atom stereocenters. The summed E-state index contributed by atoms with van der Waals surface area (Å²) in [6.45, 7) is -0.797. The molecule has 0 aliphatic carbocycles. The Morgan fingerprint density at radius 2 is 1.22 bits per heavy atom. The molecule has 0 spiro atoms. The van der Waals surface area contributed by atoms with Gasteiger partial charge in [-0.25, -0.2) is 0 Å². The monoisotopic (exact) mass is 380 g/mol. The predicted molar refractivity (Wildman–Crippen MR) is 76.5 cm³/mol. The fourth-order valence-electron chi connectivity index (χ4n) is 1.77. The Balaban J connectivity index is 0. The summed E-state index contributed by atoms with van der Waals surface area (Å²) in [5.74, 6) is 0. The molecule has 0 atom stereocenters. The van der Waals surface area contributed by atoms with E-state index in [4.69, 9.17) is 14.3 Å². The molecule has 0 aliphatic heterocycles. The Kier molecular flexibility index (Phi) is 17.5. The minimum Gasteiger partial charge on any atom is -0.325 e. The average molecular weight is 378 g/mol. The summed E-state index contributed by atoms with van der Waals surface area (Å²) in [6.07, 6.45) is 12.5. The van der Waals surface area contributed by atoms with Gasteiger partial charge in [-0.3, -0.25) is 0 Å². The van der Waals surface area contributed by atoms with Gasteiger partial charge in [0.15, 0.2) is 0 Å². The van der Waals surface area contributed by atoms with Gasteiger partial charge in [-0.05, 0) is 18.2 Å². The van der Waals surface area contributed by atoms with Gasteiger partial charge in [-0.15, -0.1) is 0 Å². The van der Waals surface area contributed by atoms with E-state index in [2.05, 4.69) is 18.7 Å². The molecule has 0 radical (unpaired) electrons. The number of hydrogen-bond donors (Lipinski definition) is 2. The molecular formula is C12H27MoO3PS. The Morgan fingerprint density at radius 1 is 0.833 bits per heavy atom. The molecule has 0 saturated heterocycles. The number of rotatable bonds is 12. The number of hydrogen-bond acceptors (Lipinski definition) is 2. The second kappa shape index (κ2) is 14.6. The second-order valence-corrected chi connectivity index (χ2v) is 7.17. The predicted octanol–water partition coefficient (Wildman–Crippen LogP) is 4.13. The van der Waals surface area contributed by atoms with Gasteiger partial charge in [-0.1, -0.05) is 64.7 Å². The van der Waals surface area contributed by atoms with E-state index in [0.29, 0.717) is 6.61 Å². The first-order valence-electron chi connectivity index (χ1n) is 6.76. The fraction of sp³-hybridized carbons (Fsp3) is 1.00. The van der Waals surface area contributed by atoms with Crippen molar-refractivity contribution < 1.29 is 35.4 Å². The largest absolute Gasteiger partial charge is 0.325 e. The van der Waals surface area contributed by atoms with Gasteiger partial charge in [0.2, 0.25) is 0 Å². The molecule has 0 aromatic rings. The smallest absolute Gasteiger partial charge is 0.321 e. The van der Waals surface area contributed by atoms with Gasteiger partial charge < -0.3 is 14.3 Å². The number of unbranched alkanes of at least 4 members (excludes halogenated alkanes) is 9. The van der Waals surface area contributed by atoms with E-state index in [9.17, 15) is 0 Å². The zero-order chi connectivity index (χ0) is 13.0. The Morgan fingerprint density at radius 3 is 1.61 bits per heavy atom. The van der Waals surface area contributed by atoms with Gasteiger partial charge in [0.25, 0.3) is 0 Å². The van der Waals surface area contributed by atoms with Crippen LogP contribution in [0.1, 0.15) is 71.1 Å². The quantitative estimate of drug-likeness (QED) is 0.305. The average Bonchev–Trinajstić information content (AvgIpc) is 2.24. The van der Waals surface area contributed by atoms with Crippen LogP contribution in [0.3, 0.4) is 0 Å². The third kappa shape index (κ3) is 19.6. The van der Waals surface area contributed by atoms with Crippen molar-refractivity contribution in [1.29, 1.82) is 0 Å². The second-order valence-electron chi connectivity index (χ2n) is 4.51. The van der Waals surface area contributed by atoms with Crippen molar-refractivity contribution in [3.05, 3.63) is 0 Å². The minimum absolute atomic E-state index is 0. The van der Waals surface area contributed by atoms with Gasteiger partial charge in [0, 0.05) is 21.1 Å². The molecule has 110 valence electrons. The maximum atomic E-state index is 8.82. The molecule has 0 amide bonds. The first-order valence-corrected chi connectivity index (χ1v) is 9.39. The summed E-state index contributed by atoms with van der Waals surface area (Å²) in [5.41, 5.74) is 0. The zero-order valence-corrected chi connectivity index (χ0v) is 15.1. The summed E-state index contributed by atoms with van der Waals surface area (Å²) in [4.78, 5) is 17.6. The van der Waals surface area contributed by atoms with Crippen molar-refractivity contribution in [1.82, 2.24) is 0 Å². The summed E-state index contributed by atoms with van der Waals surface area (Å²) >= 11 is 4.35. The molecule has 0 aromatic carbocycles. The molecule has 6 heteroatoms. The van der Waals surface area contributed by atoms with Crippen molar-refractivity contribution in [3.63, 3.8) is 0 Å². The van der Waals surface area contributed by atoms with E-state index in [0.717, 1.165) is 12.8 Å². The van der Waals surface area contributed by atoms with E-state index >= 15 is 0 Å². The van der Waals surface area contributed by atoms with Crippen LogP contribution in [0.25, 0.3) is 0 Å². The SMILES string of the molecule is CCCCCCCCCCCCOP(O)(O)=S.[Mo]. The van der Waals surface area contributed by atoms with Crippen molar-refractivity contribution in [2.45, 2.75) is 71.1 Å². The van der Waals surface area contributed by atoms with Gasteiger partial charge in [0.1, 0.15) is 0 Å². The maximum absolute atomic E-state index is 8.82. The normalized spacial score (nSPS) is 11.3. The Bertz CT molecular complexity index is 211. The molecule has 3 nitrogen and oxygen atoms in total. The Labute approximate surface area is 131 Å². The van der Waals surface area contributed by atoms with Crippen LogP contribution in [0.2, 0.25) is 0 Å². The standard InChI is InChI=1S/C12H27O3PS.Mo/c1-2-3-4-5-6-7-8-9-10-11-12-15-16(13,14)17;/h2-12H2,1H3,(H2,13,14,17);. The van der Waals surface area contributed by atoms with Gasteiger partial charge >= 0.3 is 6.72 Å². The van der Waals surface area contributed by atoms with E-state index in [-0.39, 0.29) is 21.1 Å². The molecule has 0 heterocycles. The zero-order valence-electron chi connectivity index (χ0n) is 11.3. The first-order chi connectivity index (χ1) is 8.06.